The van der Waals surface area contributed by atoms with Gasteiger partial charge in [-0.1, -0.05) is 40.5 Å². The Kier molecular flexibility index (Phi) is 2.84. The maximum Gasteiger partial charge on any atom is 0.144 e. The topological polar surface area (TPSA) is 17.1 Å². The molecule has 0 aliphatic heterocycles. The van der Waals surface area contributed by atoms with Crippen LogP contribution in [0.2, 0.25) is 0 Å². The van der Waals surface area contributed by atoms with Gasteiger partial charge >= 0.3 is 0 Å². The summed E-state index contributed by atoms with van der Waals surface area (Å²) in [7, 11) is 0. The van der Waals surface area contributed by atoms with E-state index in [4.69, 9.17) is 0 Å². The zero-order valence-corrected chi connectivity index (χ0v) is 9.44. The summed E-state index contributed by atoms with van der Waals surface area (Å²) >= 11 is 0. The molecule has 1 fully saturated rings. The van der Waals surface area contributed by atoms with E-state index >= 15 is 0 Å². The molecule has 0 atom stereocenters. The summed E-state index contributed by atoms with van der Waals surface area (Å²) in [6, 6.07) is 0. The van der Waals surface area contributed by atoms with Gasteiger partial charge in [-0.25, -0.2) is 0 Å². The lowest BCUT2D eigenvalue weighted by atomic mass is 9.50. The Labute approximate surface area is 81.9 Å². The number of Topliss-reactive ketones (excluding diaryl/α,β-unsaturated/α-hetero) is 1. The first-order valence-corrected chi connectivity index (χ1v) is 5.53. The summed E-state index contributed by atoms with van der Waals surface area (Å²) in [6.07, 6.45) is 5.59. The molecule has 0 radical (unpaired) electrons. The molecule has 1 nitrogen and oxygen atoms in total. The van der Waals surface area contributed by atoms with Gasteiger partial charge < -0.3 is 0 Å². The van der Waals surface area contributed by atoms with Crippen LogP contribution in [0.3, 0.4) is 0 Å². The van der Waals surface area contributed by atoms with Gasteiger partial charge in [-0.3, -0.25) is 4.79 Å². The molecule has 0 spiro atoms. The van der Waals surface area contributed by atoms with Gasteiger partial charge in [-0.05, 0) is 19.3 Å². The Morgan fingerprint density at radius 2 is 1.62 bits per heavy atom. The van der Waals surface area contributed by atoms with Crippen molar-refractivity contribution in [2.75, 3.05) is 0 Å². The van der Waals surface area contributed by atoms with E-state index in [1.807, 2.05) is 0 Å². The van der Waals surface area contributed by atoms with Crippen molar-refractivity contribution in [3.05, 3.63) is 0 Å². The maximum atomic E-state index is 12.0. The molecular formula is C12H22O. The summed E-state index contributed by atoms with van der Waals surface area (Å²) in [6.45, 7) is 8.52. The first kappa shape index (κ1) is 10.7. The standard InChI is InChI=1S/C12H22O/c1-5-7-12(8-6-2)9-11(3,4)10(12)13/h5-9H2,1-4H3. The summed E-state index contributed by atoms with van der Waals surface area (Å²) in [5.41, 5.74) is 0.0529. The van der Waals surface area contributed by atoms with Crippen LogP contribution < -0.4 is 0 Å². The molecule has 1 rings (SSSR count). The minimum Gasteiger partial charge on any atom is -0.298 e. The van der Waals surface area contributed by atoms with E-state index in [0.29, 0.717) is 5.78 Å². The van der Waals surface area contributed by atoms with E-state index in [1.54, 1.807) is 0 Å². The van der Waals surface area contributed by atoms with Crippen molar-refractivity contribution in [3.63, 3.8) is 0 Å². The molecule has 0 heterocycles. The van der Waals surface area contributed by atoms with Crippen LogP contribution in [-0.2, 0) is 4.79 Å². The molecule has 1 saturated carbocycles. The molecule has 0 bridgehead atoms. The third kappa shape index (κ3) is 1.66. The number of hydrogen-bond acceptors (Lipinski definition) is 1. The van der Waals surface area contributed by atoms with Gasteiger partial charge in [0, 0.05) is 10.8 Å². The van der Waals surface area contributed by atoms with E-state index in [9.17, 15) is 4.79 Å². The Balaban J connectivity index is 2.68. The fourth-order valence-electron chi connectivity index (χ4n) is 3.10. The Morgan fingerprint density at radius 3 is 1.85 bits per heavy atom. The molecule has 1 aliphatic rings. The van der Waals surface area contributed by atoms with Crippen molar-refractivity contribution in [1.29, 1.82) is 0 Å². The predicted molar refractivity (Wildman–Crippen MR) is 55.7 cm³/mol. The van der Waals surface area contributed by atoms with E-state index in [-0.39, 0.29) is 10.8 Å². The average molecular weight is 182 g/mol. The SMILES string of the molecule is CCCC1(CCC)CC(C)(C)C1=O. The zero-order valence-electron chi connectivity index (χ0n) is 9.44. The van der Waals surface area contributed by atoms with Crippen LogP contribution in [-0.4, -0.2) is 5.78 Å². The van der Waals surface area contributed by atoms with Gasteiger partial charge in [0.25, 0.3) is 0 Å². The van der Waals surface area contributed by atoms with Crippen molar-refractivity contribution in [3.8, 4) is 0 Å². The third-order valence-corrected chi connectivity index (χ3v) is 3.33. The van der Waals surface area contributed by atoms with E-state index in [0.717, 1.165) is 32.1 Å². The van der Waals surface area contributed by atoms with Crippen LogP contribution in [0.5, 0.6) is 0 Å². The van der Waals surface area contributed by atoms with Gasteiger partial charge in [0.15, 0.2) is 0 Å². The molecule has 76 valence electrons. The number of ketones is 1. The molecular weight excluding hydrogens is 160 g/mol. The Hall–Kier alpha value is -0.330. The zero-order chi connectivity index (χ0) is 10.1. The second-order valence-corrected chi connectivity index (χ2v) is 5.17. The van der Waals surface area contributed by atoms with Gasteiger partial charge in [0.05, 0.1) is 0 Å². The van der Waals surface area contributed by atoms with Crippen molar-refractivity contribution in [2.24, 2.45) is 10.8 Å². The first-order valence-electron chi connectivity index (χ1n) is 5.53. The van der Waals surface area contributed by atoms with Crippen LogP contribution >= 0.6 is 0 Å². The molecule has 0 aromatic rings. The molecule has 0 amide bonds. The molecule has 1 aliphatic carbocycles. The van der Waals surface area contributed by atoms with Gasteiger partial charge in [-0.15, -0.1) is 0 Å². The highest BCUT2D eigenvalue weighted by molar-refractivity contribution is 5.95. The molecule has 13 heavy (non-hydrogen) atoms. The lowest BCUT2D eigenvalue weighted by Crippen LogP contribution is -2.54. The molecule has 1 heteroatoms. The Bertz CT molecular complexity index is 197. The normalized spacial score (nSPS) is 24.2. The van der Waals surface area contributed by atoms with Crippen molar-refractivity contribution in [2.45, 2.75) is 59.8 Å². The number of carbonyl (C=O) groups excluding carboxylic acids is 1. The second-order valence-electron chi connectivity index (χ2n) is 5.17. The maximum absolute atomic E-state index is 12.0. The lowest BCUT2D eigenvalue weighted by Gasteiger charge is -2.51. The van der Waals surface area contributed by atoms with Crippen molar-refractivity contribution < 1.29 is 4.79 Å². The lowest BCUT2D eigenvalue weighted by molar-refractivity contribution is -0.157. The third-order valence-electron chi connectivity index (χ3n) is 3.33. The summed E-state index contributed by atoms with van der Waals surface area (Å²) in [4.78, 5) is 12.0. The summed E-state index contributed by atoms with van der Waals surface area (Å²) in [5, 5.41) is 0. The van der Waals surface area contributed by atoms with Crippen LogP contribution in [0.15, 0.2) is 0 Å². The molecule has 0 aromatic carbocycles. The summed E-state index contributed by atoms with van der Waals surface area (Å²) < 4.78 is 0. The molecule has 0 unspecified atom stereocenters. The van der Waals surface area contributed by atoms with Crippen LogP contribution in [0.4, 0.5) is 0 Å². The fraction of sp³-hybridized carbons (Fsp3) is 0.917. The first-order chi connectivity index (χ1) is 5.98. The van der Waals surface area contributed by atoms with E-state index in [2.05, 4.69) is 27.7 Å². The van der Waals surface area contributed by atoms with Crippen molar-refractivity contribution in [1.82, 2.24) is 0 Å². The smallest absolute Gasteiger partial charge is 0.144 e. The Morgan fingerprint density at radius 1 is 1.15 bits per heavy atom. The van der Waals surface area contributed by atoms with E-state index < -0.39 is 0 Å². The minimum atomic E-state index is -0.0235. The highest BCUT2D eigenvalue weighted by Gasteiger charge is 2.56. The monoisotopic (exact) mass is 182 g/mol. The quantitative estimate of drug-likeness (QED) is 0.649. The van der Waals surface area contributed by atoms with Gasteiger partial charge in [-0.2, -0.15) is 0 Å². The predicted octanol–water partition coefficient (Wildman–Crippen LogP) is 3.57. The molecule has 0 aromatic heterocycles. The minimum absolute atomic E-state index is 0.0235. The molecule has 0 N–H and O–H groups in total. The van der Waals surface area contributed by atoms with E-state index in [1.165, 1.54) is 0 Å². The highest BCUT2D eigenvalue weighted by atomic mass is 16.1. The van der Waals surface area contributed by atoms with Crippen LogP contribution in [0.1, 0.15) is 59.8 Å². The number of carbonyl (C=O) groups is 1. The van der Waals surface area contributed by atoms with Gasteiger partial charge in [0.1, 0.15) is 5.78 Å². The average Bonchev–Trinajstić information content (AvgIpc) is 2.04. The van der Waals surface area contributed by atoms with Crippen LogP contribution in [0.25, 0.3) is 0 Å². The fourth-order valence-corrected chi connectivity index (χ4v) is 3.10. The van der Waals surface area contributed by atoms with Crippen LogP contribution in [0, 0.1) is 10.8 Å². The summed E-state index contributed by atoms with van der Waals surface area (Å²) in [5.74, 6) is 0.517. The van der Waals surface area contributed by atoms with Gasteiger partial charge in [0.2, 0.25) is 0 Å². The molecule has 0 saturated heterocycles. The largest absolute Gasteiger partial charge is 0.298 e. The second kappa shape index (κ2) is 3.43. The highest BCUT2D eigenvalue weighted by Crippen LogP contribution is 2.55. The van der Waals surface area contributed by atoms with Crippen molar-refractivity contribution >= 4 is 5.78 Å². The number of hydrogen-bond donors (Lipinski definition) is 0. The number of rotatable bonds is 4.